The second-order valence-corrected chi connectivity index (χ2v) is 7.84. The number of nitrogens with zero attached hydrogens (tertiary/aromatic N) is 3. The number of benzene rings is 2. The molecule has 1 amide bonds. The second-order valence-electron chi connectivity index (χ2n) is 7.84. The molecule has 3 heterocycles. The van der Waals surface area contributed by atoms with Gasteiger partial charge in [-0.2, -0.15) is 0 Å². The number of aryl methyl sites for hydroxylation is 1. The molecule has 31 heavy (non-hydrogen) atoms. The molecule has 1 aromatic heterocycles. The lowest BCUT2D eigenvalue weighted by molar-refractivity contribution is -0.125. The number of hydrogen-bond donors (Lipinski definition) is 1. The molecule has 0 saturated heterocycles. The van der Waals surface area contributed by atoms with Gasteiger partial charge in [0.05, 0.1) is 11.3 Å². The van der Waals surface area contributed by atoms with Gasteiger partial charge in [0, 0.05) is 24.9 Å². The summed E-state index contributed by atoms with van der Waals surface area (Å²) in [6.45, 7) is 0.814. The van der Waals surface area contributed by atoms with Gasteiger partial charge >= 0.3 is 5.97 Å². The summed E-state index contributed by atoms with van der Waals surface area (Å²) in [4.78, 5) is 25.0. The van der Waals surface area contributed by atoms with Gasteiger partial charge < -0.3 is 14.6 Å². The molecule has 0 aliphatic carbocycles. The summed E-state index contributed by atoms with van der Waals surface area (Å²) in [7, 11) is 0. The number of anilines is 1. The maximum atomic E-state index is 14.5. The van der Waals surface area contributed by atoms with Crippen molar-refractivity contribution < 1.29 is 18.7 Å². The molecule has 7 nitrogen and oxygen atoms in total. The highest BCUT2D eigenvalue weighted by atomic mass is 19.1. The number of amides is 1. The predicted molar refractivity (Wildman–Crippen MR) is 111 cm³/mol. The van der Waals surface area contributed by atoms with Crippen LogP contribution in [-0.2, 0) is 28.9 Å². The molecule has 0 fully saturated rings. The largest absolute Gasteiger partial charge is 0.448 e. The Hall–Kier alpha value is -3.55. The monoisotopic (exact) mass is 420 g/mol. The van der Waals surface area contributed by atoms with Crippen molar-refractivity contribution >= 4 is 17.6 Å². The van der Waals surface area contributed by atoms with Crippen LogP contribution < -0.4 is 5.32 Å². The molecule has 8 heteroatoms. The number of ether oxygens (including phenoxy) is 1. The molecular formula is C23H21FN4O3. The summed E-state index contributed by atoms with van der Waals surface area (Å²) in [6.07, 6.45) is 3.34. The van der Waals surface area contributed by atoms with Gasteiger partial charge in [0.1, 0.15) is 11.6 Å². The Morgan fingerprint density at radius 3 is 2.90 bits per heavy atom. The van der Waals surface area contributed by atoms with E-state index in [0.717, 1.165) is 43.6 Å². The summed E-state index contributed by atoms with van der Waals surface area (Å²) >= 11 is 0. The zero-order valence-electron chi connectivity index (χ0n) is 16.8. The fourth-order valence-electron chi connectivity index (χ4n) is 4.15. The third-order valence-corrected chi connectivity index (χ3v) is 5.78. The molecule has 3 aromatic rings. The highest BCUT2D eigenvalue weighted by Gasteiger charge is 2.31. The van der Waals surface area contributed by atoms with E-state index in [4.69, 9.17) is 4.74 Å². The van der Waals surface area contributed by atoms with Crippen LogP contribution in [0.2, 0.25) is 0 Å². The van der Waals surface area contributed by atoms with Gasteiger partial charge in [0.25, 0.3) is 5.91 Å². The van der Waals surface area contributed by atoms with Crippen molar-refractivity contribution in [3.05, 3.63) is 65.2 Å². The van der Waals surface area contributed by atoms with E-state index in [1.54, 1.807) is 36.4 Å². The first-order chi connectivity index (χ1) is 15.1. The summed E-state index contributed by atoms with van der Waals surface area (Å²) in [5, 5.41) is 11.2. The number of nitrogens with one attached hydrogen (secondary N) is 1. The number of esters is 1. The van der Waals surface area contributed by atoms with Gasteiger partial charge in [-0.15, -0.1) is 10.2 Å². The van der Waals surface area contributed by atoms with E-state index in [1.807, 2.05) is 0 Å². The van der Waals surface area contributed by atoms with Crippen molar-refractivity contribution in [2.75, 3.05) is 5.32 Å². The number of aromatic nitrogens is 3. The van der Waals surface area contributed by atoms with Gasteiger partial charge in [-0.05, 0) is 42.7 Å². The van der Waals surface area contributed by atoms with Crippen LogP contribution in [0.15, 0.2) is 42.5 Å². The number of fused-ring (bicyclic) bond motifs is 2. The van der Waals surface area contributed by atoms with E-state index in [2.05, 4.69) is 20.1 Å². The molecule has 2 aliphatic heterocycles. The zero-order chi connectivity index (χ0) is 21.4. The van der Waals surface area contributed by atoms with Crippen LogP contribution in [0.5, 0.6) is 0 Å². The first-order valence-corrected chi connectivity index (χ1v) is 10.4. The maximum absolute atomic E-state index is 14.5. The molecule has 2 aromatic carbocycles. The average Bonchev–Trinajstić information content (AvgIpc) is 3.03. The first-order valence-electron chi connectivity index (χ1n) is 10.4. The lowest BCUT2D eigenvalue weighted by atomic mass is 9.98. The Morgan fingerprint density at radius 2 is 2.00 bits per heavy atom. The minimum Gasteiger partial charge on any atom is -0.448 e. The molecule has 0 spiro atoms. The van der Waals surface area contributed by atoms with Crippen LogP contribution in [0.4, 0.5) is 10.1 Å². The lowest BCUT2D eigenvalue weighted by Gasteiger charge is -2.24. The smallest absolute Gasteiger partial charge is 0.339 e. The third-order valence-electron chi connectivity index (χ3n) is 5.78. The van der Waals surface area contributed by atoms with E-state index in [-0.39, 0.29) is 12.1 Å². The lowest BCUT2D eigenvalue weighted by Crippen LogP contribution is -2.38. The third kappa shape index (κ3) is 3.69. The normalized spacial score (nSPS) is 17.8. The van der Waals surface area contributed by atoms with E-state index in [1.165, 1.54) is 6.07 Å². The highest BCUT2D eigenvalue weighted by molar-refractivity contribution is 6.00. The fraction of sp³-hybridized carbons (Fsp3) is 0.304. The van der Waals surface area contributed by atoms with Crippen molar-refractivity contribution in [3.63, 3.8) is 0 Å². The number of carbonyl (C=O) groups is 2. The summed E-state index contributed by atoms with van der Waals surface area (Å²) in [6, 6.07) is 11.5. The second kappa shape index (κ2) is 7.94. The molecule has 2 aliphatic rings. The molecular weight excluding hydrogens is 399 g/mol. The minimum atomic E-state index is -1.02. The van der Waals surface area contributed by atoms with Crippen molar-refractivity contribution in [1.82, 2.24) is 14.8 Å². The van der Waals surface area contributed by atoms with Crippen LogP contribution >= 0.6 is 0 Å². The summed E-state index contributed by atoms with van der Waals surface area (Å²) in [5.74, 6) is -0.114. The fourth-order valence-corrected chi connectivity index (χ4v) is 4.15. The minimum absolute atomic E-state index is 0.0170. The molecule has 1 atom stereocenters. The standard InChI is InChI=1S/C23H21FN4O3/c24-17-10-9-15(21-27-26-20-8-2-1-5-11-28(20)21)12-18(17)25-22(29)19-13-14-6-3-4-7-16(14)23(30)31-19/h3-4,6-7,9-10,12,19H,1-2,5,8,11,13H2,(H,25,29). The van der Waals surface area contributed by atoms with Crippen molar-refractivity contribution in [2.45, 2.75) is 44.8 Å². The molecule has 1 unspecified atom stereocenters. The van der Waals surface area contributed by atoms with Gasteiger partial charge in [-0.3, -0.25) is 4.79 Å². The van der Waals surface area contributed by atoms with Gasteiger partial charge in [0.15, 0.2) is 11.9 Å². The molecule has 5 rings (SSSR count). The van der Waals surface area contributed by atoms with Crippen molar-refractivity contribution in [1.29, 1.82) is 0 Å². The Balaban J connectivity index is 1.39. The Kier molecular flexibility index (Phi) is 4.97. The van der Waals surface area contributed by atoms with E-state index in [0.29, 0.717) is 17.0 Å². The van der Waals surface area contributed by atoms with Crippen LogP contribution in [0, 0.1) is 5.82 Å². The molecule has 0 saturated carbocycles. The Bertz CT molecular complexity index is 1170. The molecule has 158 valence electrons. The number of cyclic esters (lactones) is 1. The molecule has 0 radical (unpaired) electrons. The predicted octanol–water partition coefficient (Wildman–Crippen LogP) is 3.53. The average molecular weight is 420 g/mol. The van der Waals surface area contributed by atoms with Gasteiger partial charge in [-0.1, -0.05) is 24.6 Å². The van der Waals surface area contributed by atoms with Crippen LogP contribution in [0.1, 0.15) is 41.0 Å². The molecule has 0 bridgehead atoms. The van der Waals surface area contributed by atoms with Gasteiger partial charge in [-0.25, -0.2) is 9.18 Å². The number of rotatable bonds is 3. The molecule has 1 N–H and O–H groups in total. The van der Waals surface area contributed by atoms with Crippen LogP contribution in [-0.4, -0.2) is 32.7 Å². The first kappa shape index (κ1) is 19.4. The van der Waals surface area contributed by atoms with E-state index >= 15 is 0 Å². The number of halogens is 1. The summed E-state index contributed by atoms with van der Waals surface area (Å²) < 4.78 is 21.8. The Morgan fingerprint density at radius 1 is 1.13 bits per heavy atom. The SMILES string of the molecule is O=C1OC(C(=O)Nc2cc(-c3nnc4n3CCCCC4)ccc2F)Cc2ccccc21. The van der Waals surface area contributed by atoms with Gasteiger partial charge in [0.2, 0.25) is 0 Å². The number of carbonyl (C=O) groups excluding carboxylic acids is 2. The number of hydrogen-bond acceptors (Lipinski definition) is 5. The van der Waals surface area contributed by atoms with E-state index in [9.17, 15) is 14.0 Å². The quantitative estimate of drug-likeness (QED) is 0.655. The summed E-state index contributed by atoms with van der Waals surface area (Å²) in [5.41, 5.74) is 1.87. The van der Waals surface area contributed by atoms with Crippen LogP contribution in [0.25, 0.3) is 11.4 Å². The van der Waals surface area contributed by atoms with Crippen molar-refractivity contribution in [2.24, 2.45) is 0 Å². The van der Waals surface area contributed by atoms with Crippen molar-refractivity contribution in [3.8, 4) is 11.4 Å². The highest BCUT2D eigenvalue weighted by Crippen LogP contribution is 2.27. The van der Waals surface area contributed by atoms with Crippen LogP contribution in [0.3, 0.4) is 0 Å². The topological polar surface area (TPSA) is 86.1 Å². The Labute approximate surface area is 178 Å². The van der Waals surface area contributed by atoms with E-state index < -0.39 is 23.8 Å². The zero-order valence-corrected chi connectivity index (χ0v) is 16.8. The maximum Gasteiger partial charge on any atom is 0.339 e.